The predicted octanol–water partition coefficient (Wildman–Crippen LogP) is 3.61. The fraction of sp³-hybridized carbons (Fsp3) is 0.240. The van der Waals surface area contributed by atoms with Crippen LogP contribution >= 0.6 is 0 Å². The highest BCUT2D eigenvalue weighted by atomic mass is 16.5. The average molecular weight is 454 g/mol. The lowest BCUT2D eigenvalue weighted by Crippen LogP contribution is -2.25. The van der Waals surface area contributed by atoms with E-state index in [2.05, 4.69) is 20.4 Å². The third-order valence-corrected chi connectivity index (χ3v) is 6.07. The summed E-state index contributed by atoms with van der Waals surface area (Å²) >= 11 is 0. The standard InChI is InChI=1S/C25H22N6O3/c1-15-7-10-19-18(11-15)22-23(31(19)12-20(32)27-17-5-3-2-4-6-17)25(33)30(14-26-22)13-21-28-24(29-34-21)16-8-9-16/h2-7,10-11,14,16H,8-9,12-13H2,1H3,(H,27,32). The van der Waals surface area contributed by atoms with Crippen LogP contribution in [0.4, 0.5) is 5.69 Å². The van der Waals surface area contributed by atoms with Crippen LogP contribution in [-0.4, -0.2) is 30.2 Å². The van der Waals surface area contributed by atoms with Gasteiger partial charge in [-0.1, -0.05) is 35.0 Å². The second kappa shape index (κ2) is 7.95. The molecular formula is C25H22N6O3. The van der Waals surface area contributed by atoms with Crippen LogP contribution in [-0.2, 0) is 17.9 Å². The molecule has 1 N–H and O–H groups in total. The van der Waals surface area contributed by atoms with E-state index in [4.69, 9.17) is 4.52 Å². The van der Waals surface area contributed by atoms with Gasteiger partial charge in [0.05, 0.1) is 11.8 Å². The monoisotopic (exact) mass is 454 g/mol. The van der Waals surface area contributed by atoms with Gasteiger partial charge in [0, 0.05) is 17.0 Å². The summed E-state index contributed by atoms with van der Waals surface area (Å²) in [5.74, 6) is 1.19. The van der Waals surface area contributed by atoms with Crippen molar-refractivity contribution in [2.24, 2.45) is 0 Å². The summed E-state index contributed by atoms with van der Waals surface area (Å²) in [5, 5.41) is 7.75. The number of amides is 1. The molecule has 34 heavy (non-hydrogen) atoms. The SMILES string of the molecule is Cc1ccc2c(c1)c1ncn(Cc3nc(C4CC4)no3)c(=O)c1n2CC(=O)Nc1ccccc1. The van der Waals surface area contributed by atoms with E-state index in [0.29, 0.717) is 34.4 Å². The highest BCUT2D eigenvalue weighted by molar-refractivity contribution is 6.06. The molecule has 5 aromatic rings. The number of hydrogen-bond donors (Lipinski definition) is 1. The molecule has 0 saturated heterocycles. The first-order valence-corrected chi connectivity index (χ1v) is 11.2. The summed E-state index contributed by atoms with van der Waals surface area (Å²) in [6, 6.07) is 15.1. The molecule has 0 spiro atoms. The maximum absolute atomic E-state index is 13.6. The van der Waals surface area contributed by atoms with Crippen molar-refractivity contribution in [3.8, 4) is 0 Å². The number of fused-ring (bicyclic) bond motifs is 3. The summed E-state index contributed by atoms with van der Waals surface area (Å²) in [6.07, 6.45) is 3.63. The van der Waals surface area contributed by atoms with E-state index in [1.807, 2.05) is 55.5 Å². The van der Waals surface area contributed by atoms with E-state index in [1.54, 1.807) is 4.57 Å². The highest BCUT2D eigenvalue weighted by Gasteiger charge is 2.29. The number of hydrogen-bond acceptors (Lipinski definition) is 6. The lowest BCUT2D eigenvalue weighted by Gasteiger charge is -2.09. The zero-order chi connectivity index (χ0) is 23.2. The average Bonchev–Trinajstić information content (AvgIpc) is 3.50. The van der Waals surface area contributed by atoms with E-state index < -0.39 is 0 Å². The Morgan fingerprint density at radius 3 is 2.79 bits per heavy atom. The van der Waals surface area contributed by atoms with Crippen molar-refractivity contribution in [3.05, 3.63) is 82.5 Å². The van der Waals surface area contributed by atoms with Crippen molar-refractivity contribution in [1.29, 1.82) is 0 Å². The van der Waals surface area contributed by atoms with Gasteiger partial charge in [0.2, 0.25) is 11.8 Å². The van der Waals surface area contributed by atoms with Gasteiger partial charge < -0.3 is 14.4 Å². The number of aryl methyl sites for hydroxylation is 1. The molecule has 6 rings (SSSR count). The van der Waals surface area contributed by atoms with Crippen LogP contribution in [0.2, 0.25) is 0 Å². The largest absolute Gasteiger partial charge is 0.337 e. The first kappa shape index (κ1) is 20.3. The summed E-state index contributed by atoms with van der Waals surface area (Å²) in [4.78, 5) is 35.5. The zero-order valence-electron chi connectivity index (χ0n) is 18.6. The number of benzene rings is 2. The van der Waals surface area contributed by atoms with Crippen molar-refractivity contribution in [3.63, 3.8) is 0 Å². The van der Waals surface area contributed by atoms with E-state index in [9.17, 15) is 9.59 Å². The first-order valence-electron chi connectivity index (χ1n) is 11.2. The highest BCUT2D eigenvalue weighted by Crippen LogP contribution is 2.38. The Balaban J connectivity index is 1.42. The summed E-state index contributed by atoms with van der Waals surface area (Å²) in [6.45, 7) is 2.09. The van der Waals surface area contributed by atoms with Crippen LogP contribution < -0.4 is 10.9 Å². The molecule has 9 heteroatoms. The molecule has 3 aromatic heterocycles. The third-order valence-electron chi connectivity index (χ3n) is 6.07. The van der Waals surface area contributed by atoms with Gasteiger partial charge in [-0.15, -0.1) is 0 Å². The van der Waals surface area contributed by atoms with Crippen LogP contribution in [0.5, 0.6) is 0 Å². The maximum Gasteiger partial charge on any atom is 0.278 e. The maximum atomic E-state index is 13.6. The lowest BCUT2D eigenvalue weighted by molar-refractivity contribution is -0.116. The van der Waals surface area contributed by atoms with Crippen molar-refractivity contribution >= 4 is 33.5 Å². The number of carbonyl (C=O) groups is 1. The number of anilines is 1. The Hall–Kier alpha value is -4.27. The van der Waals surface area contributed by atoms with Gasteiger partial charge in [-0.25, -0.2) is 4.98 Å². The summed E-state index contributed by atoms with van der Waals surface area (Å²) in [5.41, 5.74) is 3.19. The second-order valence-electron chi connectivity index (χ2n) is 8.72. The molecule has 1 amide bonds. The molecule has 170 valence electrons. The molecule has 0 atom stereocenters. The number of nitrogens with one attached hydrogen (secondary N) is 1. The predicted molar refractivity (Wildman–Crippen MR) is 127 cm³/mol. The van der Waals surface area contributed by atoms with Crippen LogP contribution in [0.1, 0.15) is 36.0 Å². The van der Waals surface area contributed by atoms with Crippen molar-refractivity contribution in [2.45, 2.75) is 38.8 Å². The van der Waals surface area contributed by atoms with Gasteiger partial charge in [0.25, 0.3) is 5.56 Å². The fourth-order valence-electron chi connectivity index (χ4n) is 4.24. The number of carbonyl (C=O) groups excluding carboxylic acids is 1. The van der Waals surface area contributed by atoms with Gasteiger partial charge in [-0.05, 0) is 44.0 Å². The van der Waals surface area contributed by atoms with Crippen LogP contribution in [0, 0.1) is 6.92 Å². The molecule has 2 aromatic carbocycles. The van der Waals surface area contributed by atoms with E-state index in [-0.39, 0.29) is 24.6 Å². The van der Waals surface area contributed by atoms with E-state index in [0.717, 1.165) is 29.3 Å². The molecule has 0 radical (unpaired) electrons. The molecular weight excluding hydrogens is 432 g/mol. The molecule has 0 bridgehead atoms. The summed E-state index contributed by atoms with van der Waals surface area (Å²) in [7, 11) is 0. The molecule has 1 fully saturated rings. The minimum atomic E-state index is -0.266. The van der Waals surface area contributed by atoms with Gasteiger partial charge in [0.1, 0.15) is 24.1 Å². The molecule has 1 saturated carbocycles. The number of para-hydroxylation sites is 1. The van der Waals surface area contributed by atoms with Crippen molar-refractivity contribution < 1.29 is 9.32 Å². The molecule has 9 nitrogen and oxygen atoms in total. The Labute approximate surface area is 194 Å². The van der Waals surface area contributed by atoms with E-state index in [1.165, 1.54) is 10.9 Å². The third kappa shape index (κ3) is 3.64. The first-order chi connectivity index (χ1) is 16.6. The molecule has 1 aliphatic rings. The van der Waals surface area contributed by atoms with Gasteiger partial charge >= 0.3 is 0 Å². The number of nitrogens with zero attached hydrogens (tertiary/aromatic N) is 5. The second-order valence-corrected chi connectivity index (χ2v) is 8.72. The van der Waals surface area contributed by atoms with Gasteiger partial charge in [-0.2, -0.15) is 4.98 Å². The normalized spacial score (nSPS) is 13.6. The van der Waals surface area contributed by atoms with Gasteiger partial charge in [0.15, 0.2) is 5.82 Å². The quantitative estimate of drug-likeness (QED) is 0.420. The van der Waals surface area contributed by atoms with Crippen LogP contribution in [0.15, 0.2) is 64.2 Å². The Kier molecular flexibility index (Phi) is 4.75. The Morgan fingerprint density at radius 1 is 1.18 bits per heavy atom. The topological polar surface area (TPSA) is 108 Å². The minimum Gasteiger partial charge on any atom is -0.337 e. The fourth-order valence-corrected chi connectivity index (χ4v) is 4.24. The van der Waals surface area contributed by atoms with Gasteiger partial charge in [-0.3, -0.25) is 14.2 Å². The Bertz CT molecular complexity index is 1590. The van der Waals surface area contributed by atoms with Crippen molar-refractivity contribution in [1.82, 2.24) is 24.3 Å². The molecule has 0 aliphatic heterocycles. The van der Waals surface area contributed by atoms with Crippen molar-refractivity contribution in [2.75, 3.05) is 5.32 Å². The number of rotatable bonds is 6. The minimum absolute atomic E-state index is 0.0225. The molecule has 3 heterocycles. The van der Waals surface area contributed by atoms with E-state index >= 15 is 0 Å². The number of aromatic nitrogens is 5. The lowest BCUT2D eigenvalue weighted by atomic mass is 10.1. The zero-order valence-corrected chi connectivity index (χ0v) is 18.6. The van der Waals surface area contributed by atoms with Crippen LogP contribution in [0.25, 0.3) is 21.9 Å². The Morgan fingerprint density at radius 2 is 2.00 bits per heavy atom. The molecule has 0 unspecified atom stereocenters. The molecule has 1 aliphatic carbocycles. The van der Waals surface area contributed by atoms with Crippen LogP contribution in [0.3, 0.4) is 0 Å². The smallest absolute Gasteiger partial charge is 0.278 e. The summed E-state index contributed by atoms with van der Waals surface area (Å²) < 4.78 is 8.54.